The molecule has 10 heteroatoms. The number of thiophene rings is 1. The number of fused-ring (bicyclic) bond motifs is 1. The molecular formula is C21H16N4O4S2. The molecule has 4 aromatic rings. The van der Waals surface area contributed by atoms with Gasteiger partial charge in [0.15, 0.2) is 11.8 Å². The fraction of sp³-hybridized carbons (Fsp3) is 0.238. The summed E-state index contributed by atoms with van der Waals surface area (Å²) >= 11 is 2.96. The predicted molar refractivity (Wildman–Crippen MR) is 115 cm³/mol. The van der Waals surface area contributed by atoms with Gasteiger partial charge < -0.3 is 14.6 Å². The second kappa shape index (κ2) is 6.96. The number of H-pyrrole nitrogens is 1. The van der Waals surface area contributed by atoms with Crippen LogP contribution in [0.5, 0.6) is 0 Å². The zero-order valence-corrected chi connectivity index (χ0v) is 17.7. The van der Waals surface area contributed by atoms with Gasteiger partial charge in [0.2, 0.25) is 0 Å². The Morgan fingerprint density at radius 3 is 2.87 bits per heavy atom. The summed E-state index contributed by atoms with van der Waals surface area (Å²) in [6.45, 7) is 0. The van der Waals surface area contributed by atoms with Crippen LogP contribution in [0.25, 0.3) is 21.9 Å². The summed E-state index contributed by atoms with van der Waals surface area (Å²) in [5.41, 5.74) is 2.65. The molecular weight excluding hydrogens is 436 g/mol. The SMILES string of the molecule is O=C(O)C1C(c2c[nH]cn2)Sc2c(C3CC3)c(-c3cc(-c4cccs4)no3)cc(=O)n21. The predicted octanol–water partition coefficient (Wildman–Crippen LogP) is 4.31. The Balaban J connectivity index is 1.53. The number of nitrogens with zero attached hydrogens (tertiary/aromatic N) is 3. The molecule has 4 aromatic heterocycles. The lowest BCUT2D eigenvalue weighted by atomic mass is 10.0. The molecule has 0 aromatic carbocycles. The number of rotatable bonds is 5. The van der Waals surface area contributed by atoms with E-state index in [0.717, 1.165) is 29.0 Å². The van der Waals surface area contributed by atoms with Crippen molar-refractivity contribution < 1.29 is 14.4 Å². The lowest BCUT2D eigenvalue weighted by Crippen LogP contribution is -2.30. The van der Waals surface area contributed by atoms with Gasteiger partial charge in [-0.2, -0.15) is 0 Å². The van der Waals surface area contributed by atoms with E-state index in [1.807, 2.05) is 23.6 Å². The van der Waals surface area contributed by atoms with Gasteiger partial charge in [0.1, 0.15) is 5.69 Å². The topological polar surface area (TPSA) is 114 Å². The van der Waals surface area contributed by atoms with Gasteiger partial charge in [-0.25, -0.2) is 9.78 Å². The van der Waals surface area contributed by atoms with Crippen LogP contribution in [-0.2, 0) is 4.79 Å². The lowest BCUT2D eigenvalue weighted by Gasteiger charge is -2.15. The number of pyridine rings is 1. The normalized spacial score (nSPS) is 20.1. The van der Waals surface area contributed by atoms with Crippen LogP contribution in [0.4, 0.5) is 0 Å². The molecule has 0 bridgehead atoms. The molecule has 0 radical (unpaired) electrons. The van der Waals surface area contributed by atoms with Crippen LogP contribution in [0.2, 0.25) is 0 Å². The number of aliphatic carboxylic acids is 1. The third-order valence-corrected chi connectivity index (χ3v) is 7.93. The van der Waals surface area contributed by atoms with Gasteiger partial charge in [-0.15, -0.1) is 11.3 Å². The minimum atomic E-state index is -1.05. The van der Waals surface area contributed by atoms with Crippen molar-refractivity contribution in [2.24, 2.45) is 0 Å². The van der Waals surface area contributed by atoms with E-state index in [4.69, 9.17) is 4.52 Å². The van der Waals surface area contributed by atoms with Gasteiger partial charge in [0.05, 0.1) is 27.2 Å². The van der Waals surface area contributed by atoms with Gasteiger partial charge in [0.25, 0.3) is 5.56 Å². The molecule has 2 aliphatic rings. The summed E-state index contributed by atoms with van der Waals surface area (Å²) in [5.74, 6) is -0.246. The van der Waals surface area contributed by atoms with E-state index in [9.17, 15) is 14.7 Å². The Labute approximate surface area is 183 Å². The zero-order chi connectivity index (χ0) is 21.1. The van der Waals surface area contributed by atoms with E-state index in [-0.39, 0.29) is 11.5 Å². The van der Waals surface area contributed by atoms with Crippen molar-refractivity contribution >= 4 is 29.1 Å². The van der Waals surface area contributed by atoms with Crippen molar-refractivity contribution in [3.05, 3.63) is 63.8 Å². The first-order chi connectivity index (χ1) is 15.1. The summed E-state index contributed by atoms with van der Waals surface area (Å²) in [5, 5.41) is 16.3. The number of imidazole rings is 1. The van der Waals surface area contributed by atoms with Crippen LogP contribution in [0.1, 0.15) is 41.3 Å². The van der Waals surface area contributed by atoms with E-state index in [2.05, 4.69) is 15.1 Å². The molecule has 1 fully saturated rings. The Morgan fingerprint density at radius 2 is 2.19 bits per heavy atom. The number of aromatic nitrogens is 4. The van der Waals surface area contributed by atoms with Crippen LogP contribution >= 0.6 is 23.1 Å². The van der Waals surface area contributed by atoms with Crippen LogP contribution in [0, 0.1) is 0 Å². The number of hydrogen-bond donors (Lipinski definition) is 2. The molecule has 0 spiro atoms. The quantitative estimate of drug-likeness (QED) is 0.464. The minimum absolute atomic E-state index is 0.270. The zero-order valence-electron chi connectivity index (χ0n) is 16.0. The van der Waals surface area contributed by atoms with Crippen molar-refractivity contribution in [3.8, 4) is 21.9 Å². The monoisotopic (exact) mass is 452 g/mol. The number of carbonyl (C=O) groups is 1. The fourth-order valence-electron chi connectivity index (χ4n) is 4.12. The summed E-state index contributed by atoms with van der Waals surface area (Å²) in [4.78, 5) is 33.5. The number of thioether (sulfide) groups is 1. The molecule has 2 atom stereocenters. The summed E-state index contributed by atoms with van der Waals surface area (Å²) in [6, 6.07) is 6.25. The second-order valence-electron chi connectivity index (χ2n) is 7.63. The molecule has 1 aliphatic carbocycles. The van der Waals surface area contributed by atoms with Crippen molar-refractivity contribution in [2.75, 3.05) is 0 Å². The van der Waals surface area contributed by atoms with Crippen molar-refractivity contribution in [3.63, 3.8) is 0 Å². The highest BCUT2D eigenvalue weighted by molar-refractivity contribution is 7.99. The van der Waals surface area contributed by atoms with Crippen molar-refractivity contribution in [1.29, 1.82) is 0 Å². The Kier molecular flexibility index (Phi) is 4.19. The largest absolute Gasteiger partial charge is 0.480 e. The van der Waals surface area contributed by atoms with Gasteiger partial charge in [0, 0.05) is 23.9 Å². The van der Waals surface area contributed by atoms with Crippen LogP contribution in [0.15, 0.2) is 56.5 Å². The average Bonchev–Trinajstić information content (AvgIpc) is 3.27. The van der Waals surface area contributed by atoms with Crippen molar-refractivity contribution in [1.82, 2.24) is 19.7 Å². The first kappa shape index (κ1) is 18.6. The molecule has 31 heavy (non-hydrogen) atoms. The number of hydrogen-bond acceptors (Lipinski definition) is 7. The smallest absolute Gasteiger partial charge is 0.328 e. The van der Waals surface area contributed by atoms with Crippen LogP contribution < -0.4 is 5.56 Å². The number of nitrogens with one attached hydrogen (secondary N) is 1. The van der Waals surface area contributed by atoms with E-state index < -0.39 is 17.3 Å². The highest BCUT2D eigenvalue weighted by atomic mass is 32.2. The number of carboxylic acid groups (broad SMARTS) is 1. The molecule has 6 rings (SSSR count). The summed E-state index contributed by atoms with van der Waals surface area (Å²) < 4.78 is 7.06. The Morgan fingerprint density at radius 1 is 1.32 bits per heavy atom. The number of aromatic amines is 1. The molecule has 0 saturated heterocycles. The van der Waals surface area contributed by atoms with Gasteiger partial charge >= 0.3 is 5.97 Å². The van der Waals surface area contributed by atoms with Gasteiger partial charge in [-0.05, 0) is 35.8 Å². The lowest BCUT2D eigenvalue weighted by molar-refractivity contribution is -0.141. The third-order valence-electron chi connectivity index (χ3n) is 5.65. The molecule has 156 valence electrons. The third kappa shape index (κ3) is 2.97. The minimum Gasteiger partial charge on any atom is -0.480 e. The Hall–Kier alpha value is -3.11. The molecule has 1 saturated carbocycles. The average molecular weight is 453 g/mol. The number of carboxylic acids is 1. The van der Waals surface area contributed by atoms with Crippen LogP contribution in [-0.4, -0.2) is 30.8 Å². The standard InChI is InChI=1S/C21H16N4O4S2/c26-16-6-11(14-7-12(24-29-14)15-2-1-5-30-15)17(10-3-4-10)20-25(16)18(21(27)28)19(31-20)13-8-22-9-23-13/h1-2,5-10,18-19H,3-4H2,(H,22,23)(H,27,28). The Bertz CT molecular complexity index is 1340. The molecule has 0 amide bonds. The maximum atomic E-state index is 13.2. The molecule has 1 aliphatic heterocycles. The first-order valence-electron chi connectivity index (χ1n) is 9.80. The highest BCUT2D eigenvalue weighted by Crippen LogP contribution is 2.56. The maximum Gasteiger partial charge on any atom is 0.328 e. The molecule has 5 heterocycles. The maximum absolute atomic E-state index is 13.2. The van der Waals surface area contributed by atoms with E-state index in [0.29, 0.717) is 22.0 Å². The van der Waals surface area contributed by atoms with E-state index in [1.165, 1.54) is 28.7 Å². The van der Waals surface area contributed by atoms with Crippen LogP contribution in [0.3, 0.4) is 0 Å². The van der Waals surface area contributed by atoms with Gasteiger partial charge in [-0.1, -0.05) is 23.0 Å². The fourth-order valence-corrected chi connectivity index (χ4v) is 6.38. The highest BCUT2D eigenvalue weighted by Gasteiger charge is 2.45. The first-order valence-corrected chi connectivity index (χ1v) is 11.6. The summed E-state index contributed by atoms with van der Waals surface area (Å²) in [6.07, 6.45) is 5.20. The molecule has 2 unspecified atom stereocenters. The molecule has 8 nitrogen and oxygen atoms in total. The van der Waals surface area contributed by atoms with E-state index >= 15 is 0 Å². The van der Waals surface area contributed by atoms with Crippen molar-refractivity contribution in [2.45, 2.75) is 35.1 Å². The van der Waals surface area contributed by atoms with Gasteiger partial charge in [-0.3, -0.25) is 9.36 Å². The summed E-state index contributed by atoms with van der Waals surface area (Å²) in [7, 11) is 0. The molecule has 2 N–H and O–H groups in total. The second-order valence-corrected chi connectivity index (χ2v) is 9.71. The van der Waals surface area contributed by atoms with E-state index in [1.54, 1.807) is 17.5 Å².